The van der Waals surface area contributed by atoms with Crippen LogP contribution in [0.3, 0.4) is 0 Å². The summed E-state index contributed by atoms with van der Waals surface area (Å²) in [6.45, 7) is 0. The van der Waals surface area contributed by atoms with Crippen LogP contribution in [0, 0.1) is 11.8 Å². The smallest absolute Gasteiger partial charge is 0.00668 e. The van der Waals surface area contributed by atoms with Gasteiger partial charge in [0.15, 0.2) is 0 Å². The van der Waals surface area contributed by atoms with Gasteiger partial charge in [-0.1, -0.05) is 83.5 Å². The monoisotopic (exact) mass is 279 g/mol. The van der Waals surface area contributed by atoms with Crippen molar-refractivity contribution in [1.29, 1.82) is 0 Å². The maximum absolute atomic E-state index is 3.62. The number of nitrogens with one attached hydrogen (secondary N) is 1. The van der Waals surface area contributed by atoms with Crippen molar-refractivity contribution in [2.75, 3.05) is 7.05 Å². The molecule has 0 saturated heterocycles. The van der Waals surface area contributed by atoms with Crippen LogP contribution in [0.2, 0.25) is 0 Å². The van der Waals surface area contributed by atoms with Gasteiger partial charge in [0, 0.05) is 6.04 Å². The van der Waals surface area contributed by atoms with Gasteiger partial charge in [-0.3, -0.25) is 0 Å². The van der Waals surface area contributed by atoms with Crippen molar-refractivity contribution in [1.82, 2.24) is 5.32 Å². The molecule has 0 aromatic rings. The number of hydrogen-bond donors (Lipinski definition) is 1. The summed E-state index contributed by atoms with van der Waals surface area (Å²) < 4.78 is 0. The van der Waals surface area contributed by atoms with E-state index >= 15 is 0 Å². The fourth-order valence-corrected chi connectivity index (χ4v) is 4.58. The molecule has 2 saturated carbocycles. The molecular formula is C19H37N. The minimum atomic E-state index is 0.795. The molecule has 0 radical (unpaired) electrons. The van der Waals surface area contributed by atoms with Crippen LogP contribution in [-0.2, 0) is 0 Å². The number of rotatable bonds is 2. The number of hydrogen-bond acceptors (Lipinski definition) is 1. The summed E-state index contributed by atoms with van der Waals surface area (Å²) >= 11 is 0. The molecule has 0 bridgehead atoms. The van der Waals surface area contributed by atoms with Crippen LogP contribution in [0.25, 0.3) is 0 Å². The van der Waals surface area contributed by atoms with E-state index in [9.17, 15) is 0 Å². The first-order valence-electron chi connectivity index (χ1n) is 9.57. The van der Waals surface area contributed by atoms with Gasteiger partial charge in [-0.25, -0.2) is 0 Å². The Balaban J connectivity index is 1.91. The van der Waals surface area contributed by atoms with Crippen molar-refractivity contribution < 1.29 is 0 Å². The normalized spacial score (nSPS) is 32.2. The molecule has 2 aliphatic rings. The first-order chi connectivity index (χ1) is 9.90. The minimum Gasteiger partial charge on any atom is -0.317 e. The van der Waals surface area contributed by atoms with E-state index in [1.807, 2.05) is 0 Å². The average molecular weight is 280 g/mol. The lowest BCUT2D eigenvalue weighted by molar-refractivity contribution is 0.208. The highest BCUT2D eigenvalue weighted by atomic mass is 14.9. The van der Waals surface area contributed by atoms with Gasteiger partial charge in [0.1, 0.15) is 0 Å². The molecular weight excluding hydrogens is 242 g/mol. The van der Waals surface area contributed by atoms with Gasteiger partial charge in [-0.2, -0.15) is 0 Å². The molecule has 2 fully saturated rings. The van der Waals surface area contributed by atoms with Gasteiger partial charge in [0.2, 0.25) is 0 Å². The fourth-order valence-electron chi connectivity index (χ4n) is 4.58. The predicted octanol–water partition coefficient (Wildman–Crippen LogP) is 5.69. The van der Waals surface area contributed by atoms with Gasteiger partial charge in [0.05, 0.1) is 0 Å². The van der Waals surface area contributed by atoms with E-state index in [1.165, 1.54) is 96.3 Å². The molecule has 2 aliphatic carbocycles. The van der Waals surface area contributed by atoms with E-state index in [-0.39, 0.29) is 0 Å². The van der Waals surface area contributed by atoms with Crippen molar-refractivity contribution in [3.05, 3.63) is 0 Å². The summed E-state index contributed by atoms with van der Waals surface area (Å²) in [6, 6.07) is 0.795. The van der Waals surface area contributed by atoms with Crippen LogP contribution in [0.15, 0.2) is 0 Å². The highest BCUT2D eigenvalue weighted by Gasteiger charge is 2.24. The van der Waals surface area contributed by atoms with Gasteiger partial charge >= 0.3 is 0 Å². The Morgan fingerprint density at radius 1 is 0.550 bits per heavy atom. The van der Waals surface area contributed by atoms with Crippen molar-refractivity contribution >= 4 is 0 Å². The van der Waals surface area contributed by atoms with Crippen LogP contribution in [0.1, 0.15) is 96.3 Å². The summed E-state index contributed by atoms with van der Waals surface area (Å²) in [5, 5.41) is 3.62. The highest BCUT2D eigenvalue weighted by molar-refractivity contribution is 4.79. The molecule has 0 aromatic heterocycles. The Morgan fingerprint density at radius 2 is 1.00 bits per heavy atom. The third-order valence-electron chi connectivity index (χ3n) is 5.94. The lowest BCUT2D eigenvalue weighted by atomic mass is 9.75. The molecule has 2 rings (SSSR count). The SMILES string of the molecule is CNC1CCCCCCCC(C2CCCCCCC2)C1. The van der Waals surface area contributed by atoms with Crippen LogP contribution in [0.4, 0.5) is 0 Å². The molecule has 0 heterocycles. The molecule has 1 N–H and O–H groups in total. The maximum atomic E-state index is 3.62. The van der Waals surface area contributed by atoms with E-state index in [4.69, 9.17) is 0 Å². The van der Waals surface area contributed by atoms with E-state index in [0.29, 0.717) is 0 Å². The average Bonchev–Trinajstić information content (AvgIpc) is 2.44. The molecule has 0 spiro atoms. The second-order valence-corrected chi connectivity index (χ2v) is 7.43. The molecule has 0 amide bonds. The van der Waals surface area contributed by atoms with Gasteiger partial charge in [-0.05, 0) is 31.7 Å². The largest absolute Gasteiger partial charge is 0.317 e. The van der Waals surface area contributed by atoms with Crippen molar-refractivity contribution in [3.63, 3.8) is 0 Å². The van der Waals surface area contributed by atoms with Gasteiger partial charge in [0.25, 0.3) is 0 Å². The van der Waals surface area contributed by atoms with Gasteiger partial charge in [-0.15, -0.1) is 0 Å². The summed E-state index contributed by atoms with van der Waals surface area (Å²) in [5.74, 6) is 2.06. The van der Waals surface area contributed by atoms with Crippen LogP contribution < -0.4 is 5.32 Å². The lowest BCUT2D eigenvalue weighted by Gasteiger charge is -2.32. The molecule has 118 valence electrons. The Labute approximate surface area is 127 Å². The molecule has 0 aliphatic heterocycles. The first-order valence-corrected chi connectivity index (χ1v) is 9.57. The maximum Gasteiger partial charge on any atom is 0.00668 e. The zero-order valence-electron chi connectivity index (χ0n) is 13.8. The van der Waals surface area contributed by atoms with Gasteiger partial charge < -0.3 is 5.32 Å². The molecule has 1 heteroatoms. The Bertz CT molecular complexity index is 230. The standard InChI is InChI=1S/C19H37N/c1-20-19-15-11-7-3-6-10-14-18(16-19)17-12-8-4-2-5-9-13-17/h17-20H,2-16H2,1H3. The summed E-state index contributed by atoms with van der Waals surface area (Å²) in [4.78, 5) is 0. The lowest BCUT2D eigenvalue weighted by Crippen LogP contribution is -2.31. The molecule has 2 atom stereocenters. The topological polar surface area (TPSA) is 12.0 Å². The van der Waals surface area contributed by atoms with E-state index < -0.39 is 0 Å². The summed E-state index contributed by atoms with van der Waals surface area (Å²) in [5.41, 5.74) is 0. The fraction of sp³-hybridized carbons (Fsp3) is 1.00. The third-order valence-corrected chi connectivity index (χ3v) is 5.94. The summed E-state index contributed by atoms with van der Waals surface area (Å²) in [6.07, 6.45) is 22.3. The second kappa shape index (κ2) is 9.82. The van der Waals surface area contributed by atoms with Crippen molar-refractivity contribution in [2.24, 2.45) is 11.8 Å². The van der Waals surface area contributed by atoms with Crippen LogP contribution >= 0.6 is 0 Å². The molecule has 20 heavy (non-hydrogen) atoms. The minimum absolute atomic E-state index is 0.795. The van der Waals surface area contributed by atoms with Crippen molar-refractivity contribution in [3.8, 4) is 0 Å². The molecule has 2 unspecified atom stereocenters. The molecule has 1 nitrogen and oxygen atoms in total. The van der Waals surface area contributed by atoms with Crippen molar-refractivity contribution in [2.45, 2.75) is 102 Å². The van der Waals surface area contributed by atoms with Crippen LogP contribution in [-0.4, -0.2) is 13.1 Å². The van der Waals surface area contributed by atoms with E-state index in [1.54, 1.807) is 0 Å². The zero-order chi connectivity index (χ0) is 14.0. The van der Waals surface area contributed by atoms with E-state index in [2.05, 4.69) is 12.4 Å². The highest BCUT2D eigenvalue weighted by Crippen LogP contribution is 2.35. The van der Waals surface area contributed by atoms with E-state index in [0.717, 1.165) is 17.9 Å². The predicted molar refractivity (Wildman–Crippen MR) is 89.1 cm³/mol. The third kappa shape index (κ3) is 5.76. The first kappa shape index (κ1) is 16.3. The Hall–Kier alpha value is -0.0400. The Morgan fingerprint density at radius 3 is 1.55 bits per heavy atom. The zero-order valence-corrected chi connectivity index (χ0v) is 13.8. The summed E-state index contributed by atoms with van der Waals surface area (Å²) in [7, 11) is 2.19. The second-order valence-electron chi connectivity index (χ2n) is 7.43. The van der Waals surface area contributed by atoms with Crippen LogP contribution in [0.5, 0.6) is 0 Å². The Kier molecular flexibility index (Phi) is 8.02. The quantitative estimate of drug-likeness (QED) is 0.685. The molecule has 0 aromatic carbocycles.